The summed E-state index contributed by atoms with van der Waals surface area (Å²) >= 11 is 0. The van der Waals surface area contributed by atoms with Crippen LogP contribution in [0, 0.1) is 6.92 Å². The number of aromatic nitrogens is 2. The summed E-state index contributed by atoms with van der Waals surface area (Å²) in [4.78, 5) is 23.5. The van der Waals surface area contributed by atoms with E-state index >= 15 is 0 Å². The van der Waals surface area contributed by atoms with Crippen LogP contribution in [0.3, 0.4) is 0 Å². The number of nitrogens with zero attached hydrogens (tertiary/aromatic N) is 5. The van der Waals surface area contributed by atoms with Crippen LogP contribution in [0.5, 0.6) is 0 Å². The third-order valence-corrected chi connectivity index (χ3v) is 4.33. The molecule has 0 aliphatic rings. The molecule has 1 amide bonds. The first-order valence-electron chi connectivity index (χ1n) is 8.94. The van der Waals surface area contributed by atoms with Crippen molar-refractivity contribution in [1.29, 1.82) is 0 Å². The molecule has 2 aromatic carbocycles. The van der Waals surface area contributed by atoms with Gasteiger partial charge in [0.05, 0.1) is 17.5 Å². The fourth-order valence-electron chi connectivity index (χ4n) is 2.64. The predicted octanol–water partition coefficient (Wildman–Crippen LogP) is 3.62. The summed E-state index contributed by atoms with van der Waals surface area (Å²) in [5, 5.41) is 5.56. The van der Waals surface area contributed by atoms with Crippen molar-refractivity contribution >= 4 is 17.8 Å². The van der Waals surface area contributed by atoms with Gasteiger partial charge in [0.25, 0.3) is 5.91 Å². The SMILES string of the molecule is Cc1nc(-c2ccccc2)ncc1C(=O)N(C)/N=C/c1ccc(N(C)C)cc1. The Morgan fingerprint density at radius 2 is 1.68 bits per heavy atom. The molecule has 0 fully saturated rings. The lowest BCUT2D eigenvalue weighted by molar-refractivity contribution is 0.0798. The van der Waals surface area contributed by atoms with E-state index in [0.717, 1.165) is 16.8 Å². The molecule has 0 atom stereocenters. The maximum atomic E-state index is 12.7. The van der Waals surface area contributed by atoms with E-state index in [-0.39, 0.29) is 5.91 Å². The average molecular weight is 373 g/mol. The van der Waals surface area contributed by atoms with E-state index in [1.165, 1.54) is 5.01 Å². The Morgan fingerprint density at radius 1 is 1.00 bits per heavy atom. The summed E-state index contributed by atoms with van der Waals surface area (Å²) in [6.45, 7) is 1.80. The minimum atomic E-state index is -0.252. The molecule has 0 aliphatic carbocycles. The standard InChI is InChI=1S/C22H23N5O/c1-16-20(15-23-21(25-16)18-8-6-5-7-9-18)22(28)27(4)24-14-17-10-12-19(13-11-17)26(2)3/h5-15H,1-4H3/b24-14+. The lowest BCUT2D eigenvalue weighted by atomic mass is 10.2. The zero-order valence-electron chi connectivity index (χ0n) is 16.5. The second kappa shape index (κ2) is 8.43. The van der Waals surface area contributed by atoms with Gasteiger partial charge in [-0.25, -0.2) is 15.0 Å². The molecular weight excluding hydrogens is 350 g/mol. The second-order valence-electron chi connectivity index (χ2n) is 6.62. The van der Waals surface area contributed by atoms with Gasteiger partial charge in [-0.2, -0.15) is 5.10 Å². The minimum Gasteiger partial charge on any atom is -0.378 e. The Kier molecular flexibility index (Phi) is 5.79. The number of hydrazone groups is 1. The minimum absolute atomic E-state index is 0.252. The molecule has 142 valence electrons. The molecule has 0 N–H and O–H groups in total. The van der Waals surface area contributed by atoms with Gasteiger partial charge >= 0.3 is 0 Å². The number of carbonyl (C=O) groups excluding carboxylic acids is 1. The maximum absolute atomic E-state index is 12.7. The first-order valence-corrected chi connectivity index (χ1v) is 8.94. The molecule has 0 bridgehead atoms. The molecular formula is C22H23N5O. The zero-order valence-corrected chi connectivity index (χ0v) is 16.5. The zero-order chi connectivity index (χ0) is 20.1. The van der Waals surface area contributed by atoms with E-state index in [1.54, 1.807) is 26.4 Å². The highest BCUT2D eigenvalue weighted by Gasteiger charge is 2.16. The van der Waals surface area contributed by atoms with Gasteiger partial charge in [0.1, 0.15) is 0 Å². The number of carbonyl (C=O) groups is 1. The monoisotopic (exact) mass is 373 g/mol. The van der Waals surface area contributed by atoms with Gasteiger partial charge in [-0.3, -0.25) is 4.79 Å². The highest BCUT2D eigenvalue weighted by Crippen LogP contribution is 2.17. The first kappa shape index (κ1) is 19.2. The smallest absolute Gasteiger partial charge is 0.277 e. The highest BCUT2D eigenvalue weighted by atomic mass is 16.2. The molecule has 1 heterocycles. The summed E-state index contributed by atoms with van der Waals surface area (Å²) in [6, 6.07) is 17.6. The van der Waals surface area contributed by atoms with Crippen molar-refractivity contribution < 1.29 is 4.79 Å². The largest absolute Gasteiger partial charge is 0.378 e. The average Bonchev–Trinajstić information content (AvgIpc) is 2.72. The molecule has 3 aromatic rings. The van der Waals surface area contributed by atoms with Crippen LogP contribution in [0.1, 0.15) is 21.6 Å². The van der Waals surface area contributed by atoms with Gasteiger partial charge in [0.2, 0.25) is 0 Å². The van der Waals surface area contributed by atoms with Crippen molar-refractivity contribution in [3.63, 3.8) is 0 Å². The van der Waals surface area contributed by atoms with E-state index in [9.17, 15) is 4.79 Å². The molecule has 0 aliphatic heterocycles. The maximum Gasteiger partial charge on any atom is 0.277 e. The van der Waals surface area contributed by atoms with Crippen molar-refractivity contribution in [2.75, 3.05) is 26.0 Å². The third-order valence-electron chi connectivity index (χ3n) is 4.33. The van der Waals surface area contributed by atoms with Crippen LogP contribution in [-0.4, -0.2) is 48.2 Å². The normalized spacial score (nSPS) is 10.9. The lowest BCUT2D eigenvalue weighted by Crippen LogP contribution is -2.23. The highest BCUT2D eigenvalue weighted by molar-refractivity contribution is 5.95. The number of rotatable bonds is 5. The Bertz CT molecular complexity index is 982. The van der Waals surface area contributed by atoms with Crippen molar-refractivity contribution in [3.05, 3.63) is 77.6 Å². The summed E-state index contributed by atoms with van der Waals surface area (Å²) in [6.07, 6.45) is 3.22. The Balaban J connectivity index is 1.74. The van der Waals surface area contributed by atoms with Gasteiger partial charge < -0.3 is 4.90 Å². The number of hydrogen-bond donors (Lipinski definition) is 0. The van der Waals surface area contributed by atoms with Gasteiger partial charge in [-0.15, -0.1) is 0 Å². The number of amides is 1. The van der Waals surface area contributed by atoms with E-state index in [0.29, 0.717) is 17.1 Å². The Morgan fingerprint density at radius 3 is 2.29 bits per heavy atom. The van der Waals surface area contributed by atoms with Gasteiger partial charge in [-0.1, -0.05) is 42.5 Å². The molecule has 1 aromatic heterocycles. The van der Waals surface area contributed by atoms with Gasteiger partial charge in [0.15, 0.2) is 5.82 Å². The summed E-state index contributed by atoms with van der Waals surface area (Å²) in [5.41, 5.74) is 3.99. The first-order chi connectivity index (χ1) is 13.5. The quantitative estimate of drug-likeness (QED) is 0.506. The number of anilines is 1. The third kappa shape index (κ3) is 4.40. The van der Waals surface area contributed by atoms with Crippen LogP contribution in [0.15, 0.2) is 65.9 Å². The van der Waals surface area contributed by atoms with E-state index in [2.05, 4.69) is 15.1 Å². The van der Waals surface area contributed by atoms with Crippen molar-refractivity contribution in [2.45, 2.75) is 6.92 Å². The molecule has 0 radical (unpaired) electrons. The molecule has 3 rings (SSSR count). The molecule has 0 saturated heterocycles. The van der Waals surface area contributed by atoms with Crippen molar-refractivity contribution in [2.24, 2.45) is 5.10 Å². The fraction of sp³-hybridized carbons (Fsp3) is 0.182. The van der Waals surface area contributed by atoms with E-state index < -0.39 is 0 Å². The number of aryl methyl sites for hydroxylation is 1. The molecule has 6 nitrogen and oxygen atoms in total. The predicted molar refractivity (Wildman–Crippen MR) is 113 cm³/mol. The van der Waals surface area contributed by atoms with Crippen LogP contribution in [0.25, 0.3) is 11.4 Å². The van der Waals surface area contributed by atoms with Crippen LogP contribution in [-0.2, 0) is 0 Å². The summed E-state index contributed by atoms with van der Waals surface area (Å²) in [5.74, 6) is 0.347. The van der Waals surface area contributed by atoms with Crippen LogP contribution >= 0.6 is 0 Å². The van der Waals surface area contributed by atoms with Crippen LogP contribution in [0.2, 0.25) is 0 Å². The van der Waals surface area contributed by atoms with E-state index in [4.69, 9.17) is 0 Å². The van der Waals surface area contributed by atoms with Gasteiger partial charge in [-0.05, 0) is 24.6 Å². The van der Waals surface area contributed by atoms with Crippen molar-refractivity contribution in [1.82, 2.24) is 15.0 Å². The number of hydrogen-bond acceptors (Lipinski definition) is 5. The topological polar surface area (TPSA) is 61.7 Å². The Hall–Kier alpha value is -3.54. The molecule has 28 heavy (non-hydrogen) atoms. The molecule has 0 saturated carbocycles. The number of benzene rings is 2. The fourth-order valence-corrected chi connectivity index (χ4v) is 2.64. The summed E-state index contributed by atoms with van der Waals surface area (Å²) in [7, 11) is 5.60. The van der Waals surface area contributed by atoms with Gasteiger partial charge in [0, 0.05) is 38.6 Å². The molecule has 0 unspecified atom stereocenters. The van der Waals surface area contributed by atoms with Crippen molar-refractivity contribution in [3.8, 4) is 11.4 Å². The van der Waals surface area contributed by atoms with Crippen LogP contribution < -0.4 is 4.90 Å². The van der Waals surface area contributed by atoms with E-state index in [1.807, 2.05) is 73.6 Å². The second-order valence-corrected chi connectivity index (χ2v) is 6.62. The Labute approximate surface area is 165 Å². The molecule has 0 spiro atoms. The molecule has 6 heteroatoms. The summed E-state index contributed by atoms with van der Waals surface area (Å²) < 4.78 is 0. The lowest BCUT2D eigenvalue weighted by Gasteiger charge is -2.13. The van der Waals surface area contributed by atoms with Crippen LogP contribution in [0.4, 0.5) is 5.69 Å².